The van der Waals surface area contributed by atoms with Crippen molar-refractivity contribution in [2.45, 2.75) is 6.61 Å². The van der Waals surface area contributed by atoms with E-state index in [1.807, 2.05) is 30.3 Å². The molecule has 0 saturated carbocycles. The second-order valence-electron chi connectivity index (χ2n) is 3.50. The molecule has 2 rings (SSSR count). The van der Waals surface area contributed by atoms with Gasteiger partial charge in [-0.05, 0) is 5.56 Å². The summed E-state index contributed by atoms with van der Waals surface area (Å²) < 4.78 is 5.44. The van der Waals surface area contributed by atoms with E-state index in [1.54, 1.807) is 0 Å². The van der Waals surface area contributed by atoms with Crippen LogP contribution in [0.3, 0.4) is 0 Å². The van der Waals surface area contributed by atoms with Gasteiger partial charge in [-0.25, -0.2) is 9.78 Å². The minimum absolute atomic E-state index is 0.0870. The van der Waals surface area contributed by atoms with Crippen LogP contribution in [0, 0.1) is 0 Å². The van der Waals surface area contributed by atoms with Crippen LogP contribution in [0.2, 0.25) is 0 Å². The summed E-state index contributed by atoms with van der Waals surface area (Å²) in [7, 11) is 0. The molecule has 1 N–H and O–H groups in total. The number of isocyanates is 1. The zero-order valence-electron chi connectivity index (χ0n) is 9.41. The Morgan fingerprint density at radius 3 is 2.83 bits per heavy atom. The molecule has 18 heavy (non-hydrogen) atoms. The Labute approximate surface area is 103 Å². The van der Waals surface area contributed by atoms with Crippen LogP contribution >= 0.6 is 0 Å². The molecule has 0 fully saturated rings. The van der Waals surface area contributed by atoms with Gasteiger partial charge in [0.1, 0.15) is 18.0 Å². The third-order valence-electron chi connectivity index (χ3n) is 2.20. The fourth-order valence-electron chi connectivity index (χ4n) is 1.40. The fraction of sp³-hybridized carbons (Fsp3) is 0.0769. The highest BCUT2D eigenvalue weighted by molar-refractivity contribution is 5.56. The largest absolute Gasteiger partial charge is 0.506 e. The molecule has 0 aliphatic rings. The van der Waals surface area contributed by atoms with Crippen molar-refractivity contribution in [3.63, 3.8) is 0 Å². The van der Waals surface area contributed by atoms with Gasteiger partial charge in [0.2, 0.25) is 12.0 Å². The van der Waals surface area contributed by atoms with Crippen LogP contribution < -0.4 is 4.74 Å². The van der Waals surface area contributed by atoms with Crippen molar-refractivity contribution in [3.8, 4) is 11.6 Å². The number of carbonyl (C=O) groups excluding carboxylic acids is 1. The molecule has 0 aliphatic heterocycles. The minimum atomic E-state index is -0.0870. The van der Waals surface area contributed by atoms with Crippen molar-refractivity contribution in [1.29, 1.82) is 0 Å². The number of aliphatic imine (C=N–C) groups is 1. The first-order valence-corrected chi connectivity index (χ1v) is 5.23. The standard InChI is InChI=1S/C13H10N2O3/c16-9-15-12-6-11(17)7-14-13(12)18-8-10-4-2-1-3-5-10/h1-7,17H,8H2. The summed E-state index contributed by atoms with van der Waals surface area (Å²) in [6, 6.07) is 10.8. The summed E-state index contributed by atoms with van der Waals surface area (Å²) in [4.78, 5) is 17.5. The van der Waals surface area contributed by atoms with Gasteiger partial charge in [-0.1, -0.05) is 30.3 Å². The molecular weight excluding hydrogens is 232 g/mol. The number of hydrogen-bond donors (Lipinski definition) is 1. The molecular formula is C13H10N2O3. The number of aromatic nitrogens is 1. The number of pyridine rings is 1. The van der Waals surface area contributed by atoms with Crippen LogP contribution in [-0.2, 0) is 11.4 Å². The molecule has 5 heteroatoms. The lowest BCUT2D eigenvalue weighted by Crippen LogP contribution is -1.97. The van der Waals surface area contributed by atoms with E-state index in [0.717, 1.165) is 5.56 Å². The lowest BCUT2D eigenvalue weighted by Gasteiger charge is -2.07. The SMILES string of the molecule is O=C=Nc1cc(O)cnc1OCc1ccccc1. The Balaban J connectivity index is 2.16. The average molecular weight is 242 g/mol. The molecule has 0 saturated heterocycles. The second-order valence-corrected chi connectivity index (χ2v) is 3.50. The number of aromatic hydroxyl groups is 1. The molecule has 0 bridgehead atoms. The lowest BCUT2D eigenvalue weighted by atomic mass is 10.2. The summed E-state index contributed by atoms with van der Waals surface area (Å²) in [5.41, 5.74) is 1.12. The van der Waals surface area contributed by atoms with Gasteiger partial charge in [0.15, 0.2) is 0 Å². The number of ether oxygens (including phenoxy) is 1. The van der Waals surface area contributed by atoms with Crippen LogP contribution in [0.4, 0.5) is 5.69 Å². The average Bonchev–Trinajstić information content (AvgIpc) is 2.39. The Morgan fingerprint density at radius 2 is 2.11 bits per heavy atom. The van der Waals surface area contributed by atoms with E-state index in [9.17, 15) is 9.90 Å². The summed E-state index contributed by atoms with van der Waals surface area (Å²) in [6.45, 7) is 0.306. The van der Waals surface area contributed by atoms with Crippen molar-refractivity contribution in [1.82, 2.24) is 4.98 Å². The maximum Gasteiger partial charge on any atom is 0.241 e. The molecule has 0 spiro atoms. The van der Waals surface area contributed by atoms with Crippen LogP contribution in [-0.4, -0.2) is 16.2 Å². The smallest absolute Gasteiger partial charge is 0.241 e. The summed E-state index contributed by atoms with van der Waals surface area (Å²) in [5.74, 6) is 0.0936. The van der Waals surface area contributed by atoms with E-state index in [1.165, 1.54) is 18.3 Å². The fourth-order valence-corrected chi connectivity index (χ4v) is 1.40. The van der Waals surface area contributed by atoms with Gasteiger partial charge < -0.3 is 9.84 Å². The first-order chi connectivity index (χ1) is 8.79. The van der Waals surface area contributed by atoms with E-state index in [2.05, 4.69) is 9.98 Å². The maximum atomic E-state index is 10.3. The van der Waals surface area contributed by atoms with Crippen LogP contribution in [0.5, 0.6) is 11.6 Å². The van der Waals surface area contributed by atoms with E-state index in [0.29, 0.717) is 6.61 Å². The monoisotopic (exact) mass is 242 g/mol. The van der Waals surface area contributed by atoms with E-state index < -0.39 is 0 Å². The highest BCUT2D eigenvalue weighted by Gasteiger charge is 2.06. The normalized spacial score (nSPS) is 9.56. The summed E-state index contributed by atoms with van der Waals surface area (Å²) >= 11 is 0. The minimum Gasteiger partial charge on any atom is -0.506 e. The Bertz CT molecular complexity index is 578. The van der Waals surface area contributed by atoms with Crippen LogP contribution in [0.25, 0.3) is 0 Å². The van der Waals surface area contributed by atoms with Crippen molar-refractivity contribution in [3.05, 3.63) is 48.2 Å². The zero-order chi connectivity index (χ0) is 12.8. The Morgan fingerprint density at radius 1 is 1.33 bits per heavy atom. The van der Waals surface area contributed by atoms with Gasteiger partial charge in [0.25, 0.3) is 0 Å². The molecule has 0 amide bonds. The highest BCUT2D eigenvalue weighted by Crippen LogP contribution is 2.28. The third kappa shape index (κ3) is 2.93. The van der Waals surface area contributed by atoms with Gasteiger partial charge in [-0.2, -0.15) is 4.99 Å². The van der Waals surface area contributed by atoms with Gasteiger partial charge in [-0.3, -0.25) is 0 Å². The molecule has 0 atom stereocenters. The van der Waals surface area contributed by atoms with E-state index in [-0.39, 0.29) is 17.3 Å². The van der Waals surface area contributed by atoms with Gasteiger partial charge in [0.05, 0.1) is 6.20 Å². The maximum absolute atomic E-state index is 10.3. The van der Waals surface area contributed by atoms with Gasteiger partial charge >= 0.3 is 0 Å². The topological polar surface area (TPSA) is 71.8 Å². The second kappa shape index (κ2) is 5.61. The molecule has 0 unspecified atom stereocenters. The first kappa shape index (κ1) is 11.8. The van der Waals surface area contributed by atoms with Crippen LogP contribution in [0.1, 0.15) is 5.56 Å². The summed E-state index contributed by atoms with van der Waals surface area (Å²) in [5, 5.41) is 9.24. The van der Waals surface area contributed by atoms with Crippen LogP contribution in [0.15, 0.2) is 47.6 Å². The molecule has 1 aromatic heterocycles. The lowest BCUT2D eigenvalue weighted by molar-refractivity contribution is 0.294. The van der Waals surface area contributed by atoms with Crippen molar-refractivity contribution in [2.75, 3.05) is 0 Å². The molecule has 1 heterocycles. The molecule has 2 aromatic rings. The van der Waals surface area contributed by atoms with Crippen molar-refractivity contribution in [2.24, 2.45) is 4.99 Å². The number of hydrogen-bond acceptors (Lipinski definition) is 5. The van der Waals surface area contributed by atoms with Crippen molar-refractivity contribution < 1.29 is 14.6 Å². The molecule has 90 valence electrons. The third-order valence-corrected chi connectivity index (χ3v) is 2.20. The zero-order valence-corrected chi connectivity index (χ0v) is 9.41. The summed E-state index contributed by atoms with van der Waals surface area (Å²) in [6.07, 6.45) is 2.62. The van der Waals surface area contributed by atoms with E-state index in [4.69, 9.17) is 4.74 Å². The molecule has 0 aliphatic carbocycles. The quantitative estimate of drug-likeness (QED) is 0.659. The highest BCUT2D eigenvalue weighted by atomic mass is 16.5. The Hall–Kier alpha value is -2.65. The number of nitrogens with zero attached hydrogens (tertiary/aromatic N) is 2. The Kier molecular flexibility index (Phi) is 3.69. The molecule has 1 aromatic carbocycles. The molecule has 0 radical (unpaired) electrons. The predicted molar refractivity (Wildman–Crippen MR) is 64.5 cm³/mol. The first-order valence-electron chi connectivity index (χ1n) is 5.23. The predicted octanol–water partition coefficient (Wildman–Crippen LogP) is 2.33. The van der Waals surface area contributed by atoms with Gasteiger partial charge in [-0.15, -0.1) is 0 Å². The van der Waals surface area contributed by atoms with E-state index >= 15 is 0 Å². The molecule has 5 nitrogen and oxygen atoms in total. The van der Waals surface area contributed by atoms with Crippen molar-refractivity contribution >= 4 is 11.8 Å². The number of benzene rings is 1. The van der Waals surface area contributed by atoms with Gasteiger partial charge in [0, 0.05) is 6.07 Å². The number of rotatable bonds is 4.